The van der Waals surface area contributed by atoms with Crippen molar-refractivity contribution in [2.45, 2.75) is 32.6 Å². The zero-order valence-corrected chi connectivity index (χ0v) is 13.7. The van der Waals surface area contributed by atoms with Gasteiger partial charge in [-0.15, -0.1) is 0 Å². The minimum atomic E-state index is 0.240. The van der Waals surface area contributed by atoms with E-state index in [1.54, 1.807) is 14.2 Å². The van der Waals surface area contributed by atoms with E-state index in [2.05, 4.69) is 22.5 Å². The highest BCUT2D eigenvalue weighted by atomic mass is 16.5. The number of rotatable bonds is 7. The van der Waals surface area contributed by atoms with Crippen molar-refractivity contribution in [2.75, 3.05) is 46.9 Å². The number of piperidine rings is 1. The molecule has 21 heavy (non-hydrogen) atoms. The Morgan fingerprint density at radius 2 is 2.14 bits per heavy atom. The molecule has 0 aromatic heterocycles. The van der Waals surface area contributed by atoms with Gasteiger partial charge in [0.2, 0.25) is 5.91 Å². The number of carbonyl (C=O) groups excluding carboxylic acids is 1. The molecule has 0 spiro atoms. The molecule has 0 saturated carbocycles. The number of hydrogen-bond acceptors (Lipinski definition) is 3. The number of nitrogens with one attached hydrogen (secondary N) is 2. The zero-order valence-electron chi connectivity index (χ0n) is 13.7. The number of guanidine groups is 1. The van der Waals surface area contributed by atoms with Gasteiger partial charge in [0, 0.05) is 53.4 Å². The first-order valence-electron chi connectivity index (χ1n) is 7.88. The first kappa shape index (κ1) is 17.8. The molecule has 2 N–H and O–H groups in total. The van der Waals surface area contributed by atoms with E-state index in [-0.39, 0.29) is 5.91 Å². The summed E-state index contributed by atoms with van der Waals surface area (Å²) in [5.41, 5.74) is 0. The standard InChI is InChI=1S/C15H30N4O2/c1-13-6-4-10-19(12-13)14(20)7-9-18-15(16-2)17-8-5-11-21-3/h13H,4-12H2,1-3H3,(H2,16,17,18). The minimum absolute atomic E-state index is 0.240. The molecule has 0 aromatic rings. The van der Waals surface area contributed by atoms with Crippen molar-refractivity contribution in [3.8, 4) is 0 Å². The summed E-state index contributed by atoms with van der Waals surface area (Å²) in [6.07, 6.45) is 3.82. The average molecular weight is 298 g/mol. The lowest BCUT2D eigenvalue weighted by Gasteiger charge is -2.31. The summed E-state index contributed by atoms with van der Waals surface area (Å²) in [7, 11) is 3.43. The lowest BCUT2D eigenvalue weighted by molar-refractivity contribution is -0.132. The summed E-state index contributed by atoms with van der Waals surface area (Å²) in [4.78, 5) is 18.2. The molecule has 1 rings (SSSR count). The monoisotopic (exact) mass is 298 g/mol. The van der Waals surface area contributed by atoms with Gasteiger partial charge in [-0.2, -0.15) is 0 Å². The van der Waals surface area contributed by atoms with E-state index in [0.717, 1.165) is 45.0 Å². The van der Waals surface area contributed by atoms with Crippen molar-refractivity contribution >= 4 is 11.9 Å². The second-order valence-electron chi connectivity index (χ2n) is 5.61. The number of carbonyl (C=O) groups is 1. The fraction of sp³-hybridized carbons (Fsp3) is 0.867. The van der Waals surface area contributed by atoms with Gasteiger partial charge in [0.15, 0.2) is 5.96 Å². The van der Waals surface area contributed by atoms with E-state index >= 15 is 0 Å². The van der Waals surface area contributed by atoms with Gasteiger partial charge in [-0.3, -0.25) is 9.79 Å². The molecule has 6 nitrogen and oxygen atoms in total. The number of amides is 1. The van der Waals surface area contributed by atoms with Crippen molar-refractivity contribution in [2.24, 2.45) is 10.9 Å². The SMILES string of the molecule is CN=C(NCCCOC)NCCC(=O)N1CCCC(C)C1. The van der Waals surface area contributed by atoms with Crippen LogP contribution in [0.5, 0.6) is 0 Å². The van der Waals surface area contributed by atoms with Crippen LogP contribution in [-0.2, 0) is 9.53 Å². The molecule has 1 amide bonds. The van der Waals surface area contributed by atoms with Crippen molar-refractivity contribution in [3.05, 3.63) is 0 Å². The molecule has 0 aliphatic carbocycles. The fourth-order valence-electron chi connectivity index (χ4n) is 2.51. The predicted molar refractivity (Wildman–Crippen MR) is 85.5 cm³/mol. The molecule has 1 unspecified atom stereocenters. The maximum atomic E-state index is 12.1. The number of likely N-dealkylation sites (tertiary alicyclic amines) is 1. The zero-order chi connectivity index (χ0) is 15.5. The maximum Gasteiger partial charge on any atom is 0.224 e. The first-order chi connectivity index (χ1) is 10.2. The second kappa shape index (κ2) is 10.4. The number of hydrogen-bond donors (Lipinski definition) is 2. The topological polar surface area (TPSA) is 66.0 Å². The van der Waals surface area contributed by atoms with E-state index in [0.29, 0.717) is 18.9 Å². The Balaban J connectivity index is 2.17. The van der Waals surface area contributed by atoms with Gasteiger partial charge in [-0.05, 0) is 25.2 Å². The van der Waals surface area contributed by atoms with Crippen molar-refractivity contribution in [1.82, 2.24) is 15.5 Å². The summed E-state index contributed by atoms with van der Waals surface area (Å²) in [5.74, 6) is 1.61. The molecule has 1 aliphatic heterocycles. The van der Waals surface area contributed by atoms with E-state index in [4.69, 9.17) is 4.74 Å². The van der Waals surface area contributed by atoms with E-state index in [1.165, 1.54) is 6.42 Å². The van der Waals surface area contributed by atoms with Gasteiger partial charge in [-0.25, -0.2) is 0 Å². The van der Waals surface area contributed by atoms with Gasteiger partial charge in [0.25, 0.3) is 0 Å². The summed E-state index contributed by atoms with van der Waals surface area (Å²) in [6, 6.07) is 0. The van der Waals surface area contributed by atoms with E-state index < -0.39 is 0 Å². The third-order valence-electron chi connectivity index (χ3n) is 3.68. The minimum Gasteiger partial charge on any atom is -0.385 e. The molecule has 1 saturated heterocycles. The van der Waals surface area contributed by atoms with Crippen LogP contribution in [0.1, 0.15) is 32.6 Å². The number of methoxy groups -OCH3 is 1. The van der Waals surface area contributed by atoms with Gasteiger partial charge in [0.1, 0.15) is 0 Å². The Labute approximate surface area is 128 Å². The molecule has 1 aliphatic rings. The molecular weight excluding hydrogens is 268 g/mol. The summed E-state index contributed by atoms with van der Waals surface area (Å²) in [5, 5.41) is 6.38. The van der Waals surface area contributed by atoms with Crippen LogP contribution in [0.2, 0.25) is 0 Å². The number of aliphatic imine (C=N–C) groups is 1. The Morgan fingerprint density at radius 1 is 1.38 bits per heavy atom. The van der Waals surface area contributed by atoms with Crippen LogP contribution >= 0.6 is 0 Å². The van der Waals surface area contributed by atoms with Crippen molar-refractivity contribution in [3.63, 3.8) is 0 Å². The average Bonchev–Trinajstić information content (AvgIpc) is 2.49. The predicted octanol–water partition coefficient (Wildman–Crippen LogP) is 0.837. The molecule has 0 bridgehead atoms. The highest BCUT2D eigenvalue weighted by molar-refractivity contribution is 5.81. The molecule has 1 fully saturated rings. The smallest absolute Gasteiger partial charge is 0.224 e. The molecule has 1 heterocycles. The van der Waals surface area contributed by atoms with Crippen LogP contribution in [-0.4, -0.2) is 63.7 Å². The Morgan fingerprint density at radius 3 is 2.81 bits per heavy atom. The van der Waals surface area contributed by atoms with Gasteiger partial charge in [0.05, 0.1) is 0 Å². The molecule has 6 heteroatoms. The Hall–Kier alpha value is -1.30. The van der Waals surface area contributed by atoms with Crippen molar-refractivity contribution < 1.29 is 9.53 Å². The highest BCUT2D eigenvalue weighted by Crippen LogP contribution is 2.15. The van der Waals surface area contributed by atoms with E-state index in [1.807, 2.05) is 4.90 Å². The summed E-state index contributed by atoms with van der Waals surface area (Å²) < 4.78 is 5.00. The maximum absolute atomic E-state index is 12.1. The van der Waals surface area contributed by atoms with Gasteiger partial charge in [-0.1, -0.05) is 6.92 Å². The summed E-state index contributed by atoms with van der Waals surface area (Å²) >= 11 is 0. The third kappa shape index (κ3) is 7.32. The van der Waals surface area contributed by atoms with E-state index in [9.17, 15) is 4.79 Å². The van der Waals surface area contributed by atoms with Gasteiger partial charge < -0.3 is 20.3 Å². The van der Waals surface area contributed by atoms with Crippen LogP contribution in [0.15, 0.2) is 4.99 Å². The van der Waals surface area contributed by atoms with Crippen LogP contribution < -0.4 is 10.6 Å². The fourth-order valence-corrected chi connectivity index (χ4v) is 2.51. The number of ether oxygens (including phenoxy) is 1. The van der Waals surface area contributed by atoms with Crippen LogP contribution in [0.3, 0.4) is 0 Å². The third-order valence-corrected chi connectivity index (χ3v) is 3.68. The van der Waals surface area contributed by atoms with Crippen LogP contribution in [0.25, 0.3) is 0 Å². The first-order valence-corrected chi connectivity index (χ1v) is 7.88. The lowest BCUT2D eigenvalue weighted by Crippen LogP contribution is -2.42. The number of nitrogens with zero attached hydrogens (tertiary/aromatic N) is 2. The quantitative estimate of drug-likeness (QED) is 0.415. The van der Waals surface area contributed by atoms with Crippen LogP contribution in [0.4, 0.5) is 0 Å². The van der Waals surface area contributed by atoms with Crippen LogP contribution in [0, 0.1) is 5.92 Å². The summed E-state index contributed by atoms with van der Waals surface area (Å²) in [6.45, 7) is 6.19. The Bertz CT molecular complexity index is 334. The van der Waals surface area contributed by atoms with Gasteiger partial charge >= 0.3 is 0 Å². The van der Waals surface area contributed by atoms with Crippen molar-refractivity contribution in [1.29, 1.82) is 0 Å². The highest BCUT2D eigenvalue weighted by Gasteiger charge is 2.20. The largest absolute Gasteiger partial charge is 0.385 e. The Kier molecular flexibility index (Phi) is 8.82. The molecule has 0 aromatic carbocycles. The molecule has 1 atom stereocenters. The molecular formula is C15H30N4O2. The molecule has 122 valence electrons. The molecule has 0 radical (unpaired) electrons. The lowest BCUT2D eigenvalue weighted by atomic mass is 10.00. The normalized spacial score (nSPS) is 19.5. The second-order valence-corrected chi connectivity index (χ2v) is 5.61.